The van der Waals surface area contributed by atoms with Crippen LogP contribution in [0.1, 0.15) is 21.5 Å². The van der Waals surface area contributed by atoms with E-state index in [9.17, 15) is 9.59 Å². The summed E-state index contributed by atoms with van der Waals surface area (Å²) in [5.41, 5.74) is 0. The second-order valence-corrected chi connectivity index (χ2v) is 5.89. The molecule has 0 aromatic carbocycles. The van der Waals surface area contributed by atoms with Crippen LogP contribution < -0.4 is 10.6 Å². The van der Waals surface area contributed by atoms with E-state index in [-0.39, 0.29) is 11.8 Å². The third-order valence-electron chi connectivity index (χ3n) is 1.97. The van der Waals surface area contributed by atoms with Crippen LogP contribution in [0.2, 0.25) is 0 Å². The van der Waals surface area contributed by atoms with Gasteiger partial charge in [-0.3, -0.25) is 14.9 Å². The molecule has 5 nitrogen and oxygen atoms in total. The number of thiazole rings is 1. The van der Waals surface area contributed by atoms with Crippen LogP contribution in [0.3, 0.4) is 0 Å². The third-order valence-corrected chi connectivity index (χ3v) is 3.80. The van der Waals surface area contributed by atoms with Gasteiger partial charge in [0.25, 0.3) is 5.91 Å². The van der Waals surface area contributed by atoms with Crippen LogP contribution in [0.5, 0.6) is 0 Å². The molecular weight excluding hydrogens is 270 g/mol. The number of thiophene rings is 1. The predicted molar refractivity (Wildman–Crippen MR) is 73.4 cm³/mol. The summed E-state index contributed by atoms with van der Waals surface area (Å²) in [6.45, 7) is 3.35. The first-order valence-corrected chi connectivity index (χ1v) is 6.79. The Labute approximate surface area is 112 Å². The fourth-order valence-electron chi connectivity index (χ4n) is 1.27. The first-order valence-electron chi connectivity index (χ1n) is 5.16. The van der Waals surface area contributed by atoms with Crippen molar-refractivity contribution in [2.75, 3.05) is 10.6 Å². The number of aryl methyl sites for hydroxylation is 1. The molecule has 0 unspecified atom stereocenters. The summed E-state index contributed by atoms with van der Waals surface area (Å²) >= 11 is 2.65. The van der Waals surface area contributed by atoms with Gasteiger partial charge in [-0.05, 0) is 19.1 Å². The molecule has 0 radical (unpaired) electrons. The number of anilines is 2. The van der Waals surface area contributed by atoms with Crippen molar-refractivity contribution in [3.05, 3.63) is 28.1 Å². The van der Waals surface area contributed by atoms with Crippen LogP contribution in [0.4, 0.5) is 10.1 Å². The van der Waals surface area contributed by atoms with E-state index in [1.54, 1.807) is 18.3 Å². The van der Waals surface area contributed by atoms with Gasteiger partial charge in [0, 0.05) is 18.0 Å². The number of hydrogen-bond acceptors (Lipinski definition) is 5. The summed E-state index contributed by atoms with van der Waals surface area (Å²) in [5.74, 6) is -0.370. The first kappa shape index (κ1) is 12.7. The number of aromatic nitrogens is 1. The highest BCUT2D eigenvalue weighted by molar-refractivity contribution is 7.18. The van der Waals surface area contributed by atoms with E-state index < -0.39 is 0 Å². The van der Waals surface area contributed by atoms with Crippen molar-refractivity contribution in [1.82, 2.24) is 4.98 Å². The molecule has 2 rings (SSSR count). The molecule has 0 aliphatic heterocycles. The normalized spacial score (nSPS) is 10.1. The van der Waals surface area contributed by atoms with Crippen molar-refractivity contribution >= 4 is 44.6 Å². The fraction of sp³-hybridized carbons (Fsp3) is 0.182. The molecule has 2 aromatic rings. The van der Waals surface area contributed by atoms with E-state index in [0.717, 1.165) is 4.88 Å². The molecule has 0 aliphatic carbocycles. The van der Waals surface area contributed by atoms with Gasteiger partial charge in [0.05, 0.1) is 9.88 Å². The Morgan fingerprint density at radius 3 is 2.61 bits per heavy atom. The van der Waals surface area contributed by atoms with E-state index in [4.69, 9.17) is 0 Å². The molecule has 0 saturated carbocycles. The minimum atomic E-state index is -0.217. The van der Waals surface area contributed by atoms with E-state index in [1.807, 2.05) is 6.92 Å². The maximum absolute atomic E-state index is 11.9. The second kappa shape index (κ2) is 5.28. The predicted octanol–water partition coefficient (Wildman–Crippen LogP) is 2.72. The van der Waals surface area contributed by atoms with Crippen molar-refractivity contribution in [3.63, 3.8) is 0 Å². The molecule has 2 N–H and O–H groups in total. The minimum Gasteiger partial charge on any atom is -0.318 e. The van der Waals surface area contributed by atoms with Crippen molar-refractivity contribution < 1.29 is 9.59 Å². The Bertz CT molecular complexity index is 589. The Kier molecular flexibility index (Phi) is 3.73. The van der Waals surface area contributed by atoms with Gasteiger partial charge < -0.3 is 5.32 Å². The van der Waals surface area contributed by atoms with E-state index >= 15 is 0 Å². The first-order chi connectivity index (χ1) is 8.54. The molecule has 7 heteroatoms. The summed E-state index contributed by atoms with van der Waals surface area (Å²) in [7, 11) is 0. The maximum Gasteiger partial charge on any atom is 0.267 e. The van der Waals surface area contributed by atoms with Crippen molar-refractivity contribution in [2.45, 2.75) is 13.8 Å². The number of hydrogen-bond donors (Lipinski definition) is 2. The molecule has 18 heavy (non-hydrogen) atoms. The Balaban J connectivity index is 2.05. The number of rotatable bonds is 3. The van der Waals surface area contributed by atoms with Crippen LogP contribution in [0.15, 0.2) is 18.3 Å². The summed E-state index contributed by atoms with van der Waals surface area (Å²) in [4.78, 5) is 28.4. The maximum atomic E-state index is 11.9. The van der Waals surface area contributed by atoms with E-state index in [0.29, 0.717) is 15.0 Å². The lowest BCUT2D eigenvalue weighted by molar-refractivity contribution is -0.114. The van der Waals surface area contributed by atoms with Crippen LogP contribution >= 0.6 is 22.7 Å². The van der Waals surface area contributed by atoms with E-state index in [1.165, 1.54) is 29.6 Å². The lowest BCUT2D eigenvalue weighted by Gasteiger charge is -1.98. The van der Waals surface area contributed by atoms with E-state index in [2.05, 4.69) is 15.6 Å². The molecule has 2 amide bonds. The Morgan fingerprint density at radius 1 is 1.22 bits per heavy atom. The summed E-state index contributed by atoms with van der Waals surface area (Å²) < 4.78 is 0. The molecule has 0 fully saturated rings. The summed E-state index contributed by atoms with van der Waals surface area (Å²) in [6.07, 6.45) is 1.71. The lowest BCUT2D eigenvalue weighted by Crippen LogP contribution is -2.09. The smallest absolute Gasteiger partial charge is 0.267 e. The Morgan fingerprint density at radius 2 is 2.00 bits per heavy atom. The largest absolute Gasteiger partial charge is 0.318 e. The summed E-state index contributed by atoms with van der Waals surface area (Å²) in [6, 6.07) is 3.37. The van der Waals surface area contributed by atoms with Gasteiger partial charge in [-0.1, -0.05) is 0 Å². The van der Waals surface area contributed by atoms with Gasteiger partial charge in [-0.25, -0.2) is 4.98 Å². The van der Waals surface area contributed by atoms with Crippen LogP contribution in [0, 0.1) is 6.92 Å². The van der Waals surface area contributed by atoms with Crippen molar-refractivity contribution in [3.8, 4) is 0 Å². The standard InChI is InChI=1S/C11H11N3O2S2/c1-6-5-12-11(17-6)14-10(16)8-3-4-9(18-8)13-7(2)15/h3-5H,1-2H3,(H,13,15)(H,12,14,16). The number of nitrogens with zero attached hydrogens (tertiary/aromatic N) is 1. The van der Waals surface area contributed by atoms with Gasteiger partial charge in [0.1, 0.15) is 0 Å². The quantitative estimate of drug-likeness (QED) is 0.908. The fourth-order valence-corrected chi connectivity index (χ4v) is 2.78. The molecule has 0 aliphatic rings. The lowest BCUT2D eigenvalue weighted by atomic mass is 10.4. The zero-order valence-electron chi connectivity index (χ0n) is 9.81. The van der Waals surface area contributed by atoms with Crippen molar-refractivity contribution in [1.29, 1.82) is 0 Å². The molecule has 0 saturated heterocycles. The molecule has 0 atom stereocenters. The van der Waals surface area contributed by atoms with Crippen molar-refractivity contribution in [2.24, 2.45) is 0 Å². The number of carbonyl (C=O) groups excluding carboxylic acids is 2. The monoisotopic (exact) mass is 281 g/mol. The average molecular weight is 281 g/mol. The molecule has 0 bridgehead atoms. The Hall–Kier alpha value is -1.73. The average Bonchev–Trinajstić information content (AvgIpc) is 2.87. The van der Waals surface area contributed by atoms with Crippen LogP contribution in [-0.4, -0.2) is 16.8 Å². The van der Waals surface area contributed by atoms with Crippen LogP contribution in [0.25, 0.3) is 0 Å². The van der Waals surface area contributed by atoms with Gasteiger partial charge in [-0.15, -0.1) is 22.7 Å². The molecule has 2 heterocycles. The van der Waals surface area contributed by atoms with Gasteiger partial charge in [0.15, 0.2) is 5.13 Å². The highest BCUT2D eigenvalue weighted by Gasteiger charge is 2.11. The highest BCUT2D eigenvalue weighted by Crippen LogP contribution is 2.24. The molecule has 2 aromatic heterocycles. The molecule has 94 valence electrons. The zero-order chi connectivity index (χ0) is 13.1. The number of carbonyl (C=O) groups is 2. The topological polar surface area (TPSA) is 71.1 Å². The van der Waals surface area contributed by atoms with Gasteiger partial charge in [-0.2, -0.15) is 0 Å². The SMILES string of the molecule is CC(=O)Nc1ccc(C(=O)Nc2ncc(C)s2)s1. The molecule has 0 spiro atoms. The third kappa shape index (κ3) is 3.14. The number of nitrogens with one attached hydrogen (secondary N) is 2. The van der Waals surface area contributed by atoms with Crippen LogP contribution in [-0.2, 0) is 4.79 Å². The zero-order valence-corrected chi connectivity index (χ0v) is 11.4. The van der Waals surface area contributed by atoms with Gasteiger partial charge >= 0.3 is 0 Å². The summed E-state index contributed by atoms with van der Waals surface area (Å²) in [5, 5.41) is 6.58. The highest BCUT2D eigenvalue weighted by atomic mass is 32.1. The number of amides is 2. The minimum absolute atomic E-state index is 0.153. The van der Waals surface area contributed by atoms with Gasteiger partial charge in [0.2, 0.25) is 5.91 Å². The molecular formula is C11H11N3O2S2. The second-order valence-electron chi connectivity index (χ2n) is 3.58.